The molecule has 7 nitrogen and oxygen atoms in total. The summed E-state index contributed by atoms with van der Waals surface area (Å²) in [4.78, 5) is 23.6. The van der Waals surface area contributed by atoms with E-state index in [0.717, 1.165) is 54.1 Å². The van der Waals surface area contributed by atoms with Gasteiger partial charge in [-0.3, -0.25) is 4.79 Å². The summed E-state index contributed by atoms with van der Waals surface area (Å²) in [7, 11) is 0. The second-order valence-electron chi connectivity index (χ2n) is 8.30. The van der Waals surface area contributed by atoms with Gasteiger partial charge in [-0.25, -0.2) is 9.97 Å². The third-order valence-electron chi connectivity index (χ3n) is 5.90. The van der Waals surface area contributed by atoms with Crippen LogP contribution in [0.25, 0.3) is 11.3 Å². The zero-order valence-corrected chi connectivity index (χ0v) is 18.7. The first kappa shape index (κ1) is 22.4. The third-order valence-corrected chi connectivity index (χ3v) is 5.90. The zero-order chi connectivity index (χ0) is 23.2. The van der Waals surface area contributed by atoms with E-state index in [1.54, 1.807) is 12.1 Å². The van der Waals surface area contributed by atoms with E-state index in [1.165, 1.54) is 5.69 Å². The molecule has 3 aromatic rings. The molecule has 1 saturated heterocycles. The van der Waals surface area contributed by atoms with Gasteiger partial charge in [0.1, 0.15) is 12.4 Å². The van der Waals surface area contributed by atoms with E-state index < -0.39 is 0 Å². The van der Waals surface area contributed by atoms with Crippen LogP contribution in [-0.4, -0.2) is 46.7 Å². The summed E-state index contributed by atoms with van der Waals surface area (Å²) >= 11 is 0. The molecular formula is C26H27N5O2. The van der Waals surface area contributed by atoms with Crippen molar-refractivity contribution < 1.29 is 9.90 Å². The maximum atomic E-state index is 12.0. The summed E-state index contributed by atoms with van der Waals surface area (Å²) in [6.45, 7) is 3.71. The average molecular weight is 442 g/mol. The van der Waals surface area contributed by atoms with Crippen molar-refractivity contribution in [2.24, 2.45) is 0 Å². The maximum Gasteiger partial charge on any atom is 0.252 e. The quantitative estimate of drug-likeness (QED) is 0.570. The number of amides is 1. The SMILES string of the molecule is Cc1cnc(Cc2ccc(N3CCC(O)CC3)cc2)nc1-c1ccc(C(=O)NCC#N)cc1. The van der Waals surface area contributed by atoms with Crippen LogP contribution in [0.15, 0.2) is 54.7 Å². The smallest absolute Gasteiger partial charge is 0.252 e. The molecule has 0 spiro atoms. The number of hydrogen-bond acceptors (Lipinski definition) is 6. The number of nitrogens with one attached hydrogen (secondary N) is 1. The molecule has 2 aromatic carbocycles. The summed E-state index contributed by atoms with van der Waals surface area (Å²) in [5.74, 6) is 0.465. The van der Waals surface area contributed by atoms with Crippen molar-refractivity contribution >= 4 is 11.6 Å². The Morgan fingerprint density at radius 2 is 1.85 bits per heavy atom. The Kier molecular flexibility index (Phi) is 6.96. The van der Waals surface area contributed by atoms with Crippen molar-refractivity contribution in [3.63, 3.8) is 0 Å². The average Bonchev–Trinajstić information content (AvgIpc) is 2.85. The Balaban J connectivity index is 1.46. The van der Waals surface area contributed by atoms with Crippen LogP contribution >= 0.6 is 0 Å². The third kappa shape index (κ3) is 5.54. The Hall–Kier alpha value is -3.76. The van der Waals surface area contributed by atoms with E-state index in [-0.39, 0.29) is 18.6 Å². The van der Waals surface area contributed by atoms with Gasteiger partial charge in [0, 0.05) is 42.5 Å². The van der Waals surface area contributed by atoms with Gasteiger partial charge in [0.25, 0.3) is 5.91 Å². The molecule has 1 aromatic heterocycles. The molecule has 1 aliphatic heterocycles. The van der Waals surface area contributed by atoms with Crippen molar-refractivity contribution in [2.45, 2.75) is 32.3 Å². The van der Waals surface area contributed by atoms with Gasteiger partial charge >= 0.3 is 0 Å². The first-order chi connectivity index (χ1) is 16.0. The number of nitriles is 1. The van der Waals surface area contributed by atoms with Crippen molar-refractivity contribution in [3.8, 4) is 17.3 Å². The molecule has 2 heterocycles. The van der Waals surface area contributed by atoms with Crippen molar-refractivity contribution in [1.82, 2.24) is 15.3 Å². The number of hydrogen-bond donors (Lipinski definition) is 2. The largest absolute Gasteiger partial charge is 0.393 e. The minimum absolute atomic E-state index is 0.0168. The number of anilines is 1. The lowest BCUT2D eigenvalue weighted by molar-refractivity contribution is 0.0958. The van der Waals surface area contributed by atoms with Crippen LogP contribution in [0, 0.1) is 18.3 Å². The summed E-state index contributed by atoms with van der Waals surface area (Å²) in [6, 6.07) is 17.6. The number of rotatable bonds is 6. The number of carbonyl (C=O) groups excluding carboxylic acids is 1. The zero-order valence-electron chi connectivity index (χ0n) is 18.7. The van der Waals surface area contributed by atoms with Crippen LogP contribution in [0.4, 0.5) is 5.69 Å². The molecule has 0 aliphatic carbocycles. The molecule has 0 saturated carbocycles. The summed E-state index contributed by atoms with van der Waals surface area (Å²) < 4.78 is 0. The van der Waals surface area contributed by atoms with Crippen LogP contribution in [0.3, 0.4) is 0 Å². The van der Waals surface area contributed by atoms with Crippen LogP contribution in [-0.2, 0) is 6.42 Å². The highest BCUT2D eigenvalue weighted by Crippen LogP contribution is 2.24. The lowest BCUT2D eigenvalue weighted by Crippen LogP contribution is -2.35. The van der Waals surface area contributed by atoms with Gasteiger partial charge in [0.05, 0.1) is 17.9 Å². The number of aromatic nitrogens is 2. The van der Waals surface area contributed by atoms with Gasteiger partial charge in [-0.05, 0) is 55.2 Å². The molecule has 0 unspecified atom stereocenters. The number of nitrogens with zero attached hydrogens (tertiary/aromatic N) is 4. The number of aryl methyl sites for hydroxylation is 1. The molecule has 4 rings (SSSR count). The Morgan fingerprint density at radius 3 is 2.52 bits per heavy atom. The molecule has 0 radical (unpaired) electrons. The second kappa shape index (κ2) is 10.2. The molecule has 0 atom stereocenters. The van der Waals surface area contributed by atoms with E-state index in [2.05, 4.69) is 39.5 Å². The van der Waals surface area contributed by atoms with Crippen LogP contribution < -0.4 is 10.2 Å². The molecule has 7 heteroatoms. The van der Waals surface area contributed by atoms with Crippen molar-refractivity contribution in [1.29, 1.82) is 5.26 Å². The minimum atomic E-state index is -0.271. The first-order valence-electron chi connectivity index (χ1n) is 11.1. The summed E-state index contributed by atoms with van der Waals surface area (Å²) in [6.07, 6.45) is 3.91. The fourth-order valence-electron chi connectivity index (χ4n) is 3.99. The highest BCUT2D eigenvalue weighted by molar-refractivity contribution is 5.94. The highest BCUT2D eigenvalue weighted by Gasteiger charge is 2.17. The number of carbonyl (C=O) groups is 1. The normalized spacial score (nSPS) is 14.0. The molecule has 1 fully saturated rings. The van der Waals surface area contributed by atoms with Gasteiger partial charge < -0.3 is 15.3 Å². The second-order valence-corrected chi connectivity index (χ2v) is 8.30. The van der Waals surface area contributed by atoms with Crippen LogP contribution in [0.2, 0.25) is 0 Å². The van der Waals surface area contributed by atoms with Gasteiger partial charge in [-0.1, -0.05) is 24.3 Å². The standard InChI is InChI=1S/C26H27N5O2/c1-18-17-29-24(16-19-2-8-22(9-3-19)31-14-10-23(32)11-15-31)30-25(18)20-4-6-21(7-5-20)26(33)28-13-12-27/h2-9,17,23,32H,10-11,13-16H2,1H3,(H,28,33). The Bertz CT molecular complexity index is 1140. The lowest BCUT2D eigenvalue weighted by Gasteiger charge is -2.31. The predicted molar refractivity (Wildman–Crippen MR) is 127 cm³/mol. The number of aliphatic hydroxyl groups is 1. The number of piperidine rings is 1. The predicted octanol–water partition coefficient (Wildman–Crippen LogP) is 3.26. The van der Waals surface area contributed by atoms with Gasteiger partial charge in [0.15, 0.2) is 0 Å². The summed E-state index contributed by atoms with van der Waals surface area (Å²) in [5, 5.41) is 20.9. The van der Waals surface area contributed by atoms with E-state index in [4.69, 9.17) is 10.2 Å². The molecule has 1 amide bonds. The fraction of sp³-hybridized carbons (Fsp3) is 0.308. The number of aliphatic hydroxyl groups excluding tert-OH is 1. The van der Waals surface area contributed by atoms with Crippen molar-refractivity contribution in [2.75, 3.05) is 24.5 Å². The molecule has 0 bridgehead atoms. The Morgan fingerprint density at radius 1 is 1.15 bits per heavy atom. The molecule has 1 aliphatic rings. The monoisotopic (exact) mass is 441 g/mol. The maximum absolute atomic E-state index is 12.0. The topological polar surface area (TPSA) is 102 Å². The van der Waals surface area contributed by atoms with E-state index in [0.29, 0.717) is 12.0 Å². The first-order valence-corrected chi connectivity index (χ1v) is 11.1. The molecule has 2 N–H and O–H groups in total. The minimum Gasteiger partial charge on any atom is -0.393 e. The summed E-state index contributed by atoms with van der Waals surface area (Å²) in [5.41, 5.74) is 5.53. The van der Waals surface area contributed by atoms with Crippen molar-refractivity contribution in [3.05, 3.63) is 77.2 Å². The Labute approximate surface area is 193 Å². The van der Waals surface area contributed by atoms with E-state index in [9.17, 15) is 9.90 Å². The molecule has 168 valence electrons. The van der Waals surface area contributed by atoms with Gasteiger partial charge in [-0.15, -0.1) is 0 Å². The van der Waals surface area contributed by atoms with Gasteiger partial charge in [0.2, 0.25) is 0 Å². The van der Waals surface area contributed by atoms with Crippen LogP contribution in [0.5, 0.6) is 0 Å². The number of benzene rings is 2. The lowest BCUT2D eigenvalue weighted by atomic mass is 10.0. The molecule has 33 heavy (non-hydrogen) atoms. The van der Waals surface area contributed by atoms with Gasteiger partial charge in [-0.2, -0.15) is 5.26 Å². The van der Waals surface area contributed by atoms with Crippen LogP contribution in [0.1, 0.15) is 40.2 Å². The van der Waals surface area contributed by atoms with E-state index >= 15 is 0 Å². The molecular weight excluding hydrogens is 414 g/mol. The highest BCUT2D eigenvalue weighted by atomic mass is 16.3. The van der Waals surface area contributed by atoms with E-state index in [1.807, 2.05) is 31.3 Å². The fourth-order valence-corrected chi connectivity index (χ4v) is 3.99.